The van der Waals surface area contributed by atoms with E-state index in [-0.39, 0.29) is 11.7 Å². The lowest BCUT2D eigenvalue weighted by Crippen LogP contribution is -2.28. The predicted molar refractivity (Wildman–Crippen MR) is 82.5 cm³/mol. The molecule has 0 saturated heterocycles. The van der Waals surface area contributed by atoms with Gasteiger partial charge in [-0.3, -0.25) is 4.79 Å². The number of nitrogens with zero attached hydrogens (tertiary/aromatic N) is 1. The summed E-state index contributed by atoms with van der Waals surface area (Å²) in [5.74, 6) is -0.623. The molecule has 2 aromatic carbocycles. The van der Waals surface area contributed by atoms with Gasteiger partial charge in [0.2, 0.25) is 6.10 Å². The monoisotopic (exact) mass is 318 g/mol. The van der Waals surface area contributed by atoms with Crippen molar-refractivity contribution in [3.05, 3.63) is 64.9 Å². The van der Waals surface area contributed by atoms with E-state index < -0.39 is 6.10 Å². The summed E-state index contributed by atoms with van der Waals surface area (Å²) in [4.78, 5) is 17.3. The third-order valence-corrected chi connectivity index (χ3v) is 3.47. The minimum Gasteiger partial charge on any atom is -0.382 e. The third kappa shape index (κ3) is 3.26. The van der Waals surface area contributed by atoms with Crippen LogP contribution in [-0.2, 0) is 9.63 Å². The van der Waals surface area contributed by atoms with Gasteiger partial charge in [0.15, 0.2) is 0 Å². The highest BCUT2D eigenvalue weighted by atomic mass is 35.5. The van der Waals surface area contributed by atoms with E-state index in [1.54, 1.807) is 36.4 Å². The average molecular weight is 319 g/mol. The first-order valence-corrected chi connectivity index (χ1v) is 7.05. The Morgan fingerprint density at radius 3 is 2.77 bits per heavy atom. The third-order valence-electron chi connectivity index (χ3n) is 3.23. The van der Waals surface area contributed by atoms with E-state index in [1.165, 1.54) is 12.1 Å². The molecule has 0 fully saturated rings. The van der Waals surface area contributed by atoms with E-state index in [1.807, 2.05) is 0 Å². The van der Waals surface area contributed by atoms with Gasteiger partial charge in [-0.05, 0) is 35.9 Å². The van der Waals surface area contributed by atoms with Crippen molar-refractivity contribution in [2.45, 2.75) is 12.5 Å². The first kappa shape index (κ1) is 14.5. The van der Waals surface area contributed by atoms with Gasteiger partial charge in [-0.25, -0.2) is 4.39 Å². The summed E-state index contributed by atoms with van der Waals surface area (Å²) in [6, 6.07) is 12.8. The summed E-state index contributed by atoms with van der Waals surface area (Å²) in [6.07, 6.45) is -0.378. The Morgan fingerprint density at radius 1 is 1.27 bits per heavy atom. The molecule has 0 bridgehead atoms. The van der Waals surface area contributed by atoms with Gasteiger partial charge in [0, 0.05) is 17.1 Å². The molecule has 1 heterocycles. The second kappa shape index (κ2) is 6.15. The fourth-order valence-electron chi connectivity index (χ4n) is 2.12. The molecular weight excluding hydrogens is 307 g/mol. The van der Waals surface area contributed by atoms with E-state index in [0.29, 0.717) is 22.8 Å². The first-order chi connectivity index (χ1) is 10.6. The Morgan fingerprint density at radius 2 is 2.05 bits per heavy atom. The van der Waals surface area contributed by atoms with Crippen molar-refractivity contribution in [1.82, 2.24) is 0 Å². The molecule has 1 atom stereocenters. The molecule has 6 heteroatoms. The summed E-state index contributed by atoms with van der Waals surface area (Å²) < 4.78 is 12.9. The van der Waals surface area contributed by atoms with E-state index in [2.05, 4.69) is 10.5 Å². The van der Waals surface area contributed by atoms with Crippen LogP contribution in [0.4, 0.5) is 10.1 Å². The Bertz CT molecular complexity index is 731. The molecule has 1 aliphatic rings. The summed E-state index contributed by atoms with van der Waals surface area (Å²) in [5.41, 5.74) is 1.95. The molecule has 1 amide bonds. The number of rotatable bonds is 3. The second-order valence-electron chi connectivity index (χ2n) is 4.84. The first-order valence-electron chi connectivity index (χ1n) is 6.67. The molecule has 0 aromatic heterocycles. The van der Waals surface area contributed by atoms with Crippen molar-refractivity contribution in [1.29, 1.82) is 0 Å². The maximum atomic E-state index is 12.9. The van der Waals surface area contributed by atoms with Gasteiger partial charge >= 0.3 is 0 Å². The Balaban J connectivity index is 1.64. The highest BCUT2D eigenvalue weighted by Gasteiger charge is 2.28. The number of benzene rings is 2. The zero-order valence-electron chi connectivity index (χ0n) is 11.4. The molecule has 1 aliphatic heterocycles. The molecule has 1 unspecified atom stereocenters. The molecular formula is C16H12ClFN2O2. The number of halogens is 2. The van der Waals surface area contributed by atoms with Crippen molar-refractivity contribution in [2.75, 3.05) is 5.32 Å². The summed E-state index contributed by atoms with van der Waals surface area (Å²) in [7, 11) is 0. The van der Waals surface area contributed by atoms with E-state index in [4.69, 9.17) is 16.4 Å². The quantitative estimate of drug-likeness (QED) is 0.940. The van der Waals surface area contributed by atoms with Crippen molar-refractivity contribution in [2.24, 2.45) is 5.16 Å². The molecule has 4 nitrogen and oxygen atoms in total. The zero-order chi connectivity index (χ0) is 15.5. The van der Waals surface area contributed by atoms with Gasteiger partial charge in [0.1, 0.15) is 5.82 Å². The number of carbonyl (C=O) groups is 1. The molecule has 0 spiro atoms. The largest absolute Gasteiger partial charge is 0.382 e. The van der Waals surface area contributed by atoms with Crippen LogP contribution < -0.4 is 5.32 Å². The number of nitrogens with one attached hydrogen (secondary N) is 1. The van der Waals surface area contributed by atoms with E-state index >= 15 is 0 Å². The Labute approximate surface area is 131 Å². The number of hydrogen-bond acceptors (Lipinski definition) is 3. The smallest absolute Gasteiger partial charge is 0.268 e. The van der Waals surface area contributed by atoms with Crippen LogP contribution >= 0.6 is 11.6 Å². The lowest BCUT2D eigenvalue weighted by Gasteiger charge is -2.09. The van der Waals surface area contributed by atoms with Gasteiger partial charge in [-0.1, -0.05) is 35.0 Å². The van der Waals surface area contributed by atoms with Crippen LogP contribution in [0.1, 0.15) is 12.0 Å². The minimum atomic E-state index is -0.709. The van der Waals surface area contributed by atoms with Crippen molar-refractivity contribution >= 4 is 28.9 Å². The molecule has 0 saturated carbocycles. The molecule has 0 radical (unpaired) electrons. The molecule has 2 aromatic rings. The lowest BCUT2D eigenvalue weighted by atomic mass is 10.0. The van der Waals surface area contributed by atoms with Crippen LogP contribution in [0.2, 0.25) is 5.02 Å². The normalized spacial score (nSPS) is 16.8. The number of hydrogen-bond donors (Lipinski definition) is 1. The van der Waals surface area contributed by atoms with Crippen LogP contribution in [0.15, 0.2) is 53.7 Å². The van der Waals surface area contributed by atoms with Gasteiger partial charge < -0.3 is 10.2 Å². The second-order valence-corrected chi connectivity index (χ2v) is 5.28. The van der Waals surface area contributed by atoms with Crippen LogP contribution in [0, 0.1) is 5.82 Å². The standard InChI is InChI=1S/C16H12ClFN2O2/c17-11-2-1-3-13(8-11)19-16(21)15-9-14(20-22-15)10-4-6-12(18)7-5-10/h1-8,15H,9H2,(H,19,21). The van der Waals surface area contributed by atoms with Crippen LogP contribution in [-0.4, -0.2) is 17.7 Å². The minimum absolute atomic E-state index is 0.303. The van der Waals surface area contributed by atoms with Crippen molar-refractivity contribution < 1.29 is 14.0 Å². The van der Waals surface area contributed by atoms with Gasteiger partial charge in [-0.2, -0.15) is 0 Å². The van der Waals surface area contributed by atoms with Gasteiger partial charge in [0.05, 0.1) is 5.71 Å². The van der Waals surface area contributed by atoms with Crippen LogP contribution in [0.3, 0.4) is 0 Å². The van der Waals surface area contributed by atoms with E-state index in [0.717, 1.165) is 5.56 Å². The van der Waals surface area contributed by atoms with E-state index in [9.17, 15) is 9.18 Å². The van der Waals surface area contributed by atoms with Gasteiger partial charge in [-0.15, -0.1) is 0 Å². The average Bonchev–Trinajstić information content (AvgIpc) is 2.98. The highest BCUT2D eigenvalue weighted by Crippen LogP contribution is 2.20. The maximum absolute atomic E-state index is 12.9. The SMILES string of the molecule is O=C(Nc1cccc(Cl)c1)C1CC(c2ccc(F)cc2)=NO1. The Hall–Kier alpha value is -2.40. The number of carbonyl (C=O) groups excluding carboxylic acids is 1. The molecule has 3 rings (SSSR count). The highest BCUT2D eigenvalue weighted by molar-refractivity contribution is 6.30. The summed E-state index contributed by atoms with van der Waals surface area (Å²) in [5, 5.41) is 7.16. The summed E-state index contributed by atoms with van der Waals surface area (Å²) in [6.45, 7) is 0. The number of oxime groups is 1. The number of anilines is 1. The molecule has 112 valence electrons. The molecule has 1 N–H and O–H groups in total. The maximum Gasteiger partial charge on any atom is 0.268 e. The van der Waals surface area contributed by atoms with Crippen LogP contribution in [0.25, 0.3) is 0 Å². The fraction of sp³-hybridized carbons (Fsp3) is 0.125. The van der Waals surface area contributed by atoms with Gasteiger partial charge in [0.25, 0.3) is 5.91 Å². The fourth-order valence-corrected chi connectivity index (χ4v) is 2.31. The number of amides is 1. The van der Waals surface area contributed by atoms with Crippen molar-refractivity contribution in [3.8, 4) is 0 Å². The molecule has 22 heavy (non-hydrogen) atoms. The summed E-state index contributed by atoms with van der Waals surface area (Å²) >= 11 is 5.87. The van der Waals surface area contributed by atoms with Crippen LogP contribution in [0.5, 0.6) is 0 Å². The van der Waals surface area contributed by atoms with Crippen molar-refractivity contribution in [3.63, 3.8) is 0 Å². The molecule has 0 aliphatic carbocycles. The topological polar surface area (TPSA) is 50.7 Å². The predicted octanol–water partition coefficient (Wildman–Crippen LogP) is 3.61. The lowest BCUT2D eigenvalue weighted by molar-refractivity contribution is -0.125. The zero-order valence-corrected chi connectivity index (χ0v) is 12.2. The Kier molecular flexibility index (Phi) is 4.06.